The van der Waals surface area contributed by atoms with Crippen LogP contribution in [0, 0.1) is 0 Å². The Morgan fingerprint density at radius 3 is 2.65 bits per heavy atom. The van der Waals surface area contributed by atoms with Crippen molar-refractivity contribution in [2.24, 2.45) is 4.99 Å². The van der Waals surface area contributed by atoms with Crippen molar-refractivity contribution >= 4 is 5.96 Å². The second-order valence-electron chi connectivity index (χ2n) is 5.61. The first-order valence-corrected chi connectivity index (χ1v) is 8.55. The first kappa shape index (κ1) is 17.5. The number of aliphatic imine (C=N–C) groups is 1. The summed E-state index contributed by atoms with van der Waals surface area (Å²) in [5.41, 5.74) is 2.26. The summed E-state index contributed by atoms with van der Waals surface area (Å²) in [4.78, 5) is 8.38. The molecule has 0 aliphatic rings. The third kappa shape index (κ3) is 4.86. The number of nitrogens with one attached hydrogen (secondary N) is 2. The molecule has 0 radical (unpaired) electrons. The molecule has 3 aromatic rings. The van der Waals surface area contributed by atoms with Crippen LogP contribution in [-0.2, 0) is 6.54 Å². The monoisotopic (exact) mass is 349 g/mol. The van der Waals surface area contributed by atoms with Gasteiger partial charge in [0.05, 0.1) is 18.6 Å². The van der Waals surface area contributed by atoms with Gasteiger partial charge in [-0.3, -0.25) is 4.99 Å². The van der Waals surface area contributed by atoms with Crippen molar-refractivity contribution < 1.29 is 4.74 Å². The van der Waals surface area contributed by atoms with Crippen LogP contribution in [0.15, 0.2) is 78.3 Å². The lowest BCUT2D eigenvalue weighted by atomic mass is 10.1. The molecule has 6 nitrogen and oxygen atoms in total. The maximum atomic E-state index is 5.68. The lowest BCUT2D eigenvalue weighted by molar-refractivity contribution is 0.322. The van der Waals surface area contributed by atoms with Crippen molar-refractivity contribution in [3.8, 4) is 11.4 Å². The molecular formula is C20H23N5O. The zero-order valence-electron chi connectivity index (χ0n) is 14.8. The lowest BCUT2D eigenvalue weighted by Crippen LogP contribution is -2.39. The maximum absolute atomic E-state index is 5.68. The molecule has 134 valence electrons. The van der Waals surface area contributed by atoms with Crippen LogP contribution in [0.2, 0.25) is 0 Å². The summed E-state index contributed by atoms with van der Waals surface area (Å²) in [7, 11) is 1.76. The van der Waals surface area contributed by atoms with Crippen LogP contribution in [0.5, 0.6) is 5.75 Å². The van der Waals surface area contributed by atoms with E-state index in [9.17, 15) is 0 Å². The van der Waals surface area contributed by atoms with Gasteiger partial charge in [0.1, 0.15) is 12.4 Å². The molecular weight excluding hydrogens is 326 g/mol. The van der Waals surface area contributed by atoms with E-state index in [-0.39, 0.29) is 0 Å². The van der Waals surface area contributed by atoms with Crippen LogP contribution >= 0.6 is 0 Å². The molecule has 0 amide bonds. The molecule has 0 saturated carbocycles. The van der Waals surface area contributed by atoms with Crippen molar-refractivity contribution in [3.05, 3.63) is 78.9 Å². The maximum Gasteiger partial charge on any atom is 0.191 e. The molecule has 0 spiro atoms. The van der Waals surface area contributed by atoms with Crippen molar-refractivity contribution in [2.75, 3.05) is 20.2 Å². The minimum atomic E-state index is 0.566. The summed E-state index contributed by atoms with van der Waals surface area (Å²) in [6, 6.07) is 18.0. The lowest BCUT2D eigenvalue weighted by Gasteiger charge is -2.15. The largest absolute Gasteiger partial charge is 0.492 e. The molecule has 3 rings (SSSR count). The van der Waals surface area contributed by atoms with Crippen molar-refractivity contribution in [1.29, 1.82) is 0 Å². The van der Waals surface area contributed by atoms with Crippen molar-refractivity contribution in [3.63, 3.8) is 0 Å². The second-order valence-corrected chi connectivity index (χ2v) is 5.61. The van der Waals surface area contributed by atoms with Crippen LogP contribution in [-0.4, -0.2) is 35.7 Å². The number of hydrogen-bond acceptors (Lipinski definition) is 3. The van der Waals surface area contributed by atoms with E-state index in [1.807, 2.05) is 53.2 Å². The standard InChI is InChI=1S/C20H23N5O/c1-21-20(23-12-14-26-18-8-3-2-4-9-18)24-15-17-7-5-6-10-19(17)25-13-11-22-16-25/h2-11,13,16H,12,14-15H2,1H3,(H2,21,23,24). The van der Waals surface area contributed by atoms with E-state index in [0.29, 0.717) is 19.7 Å². The van der Waals surface area contributed by atoms with Crippen LogP contribution < -0.4 is 15.4 Å². The molecule has 26 heavy (non-hydrogen) atoms. The van der Waals surface area contributed by atoms with Crippen molar-refractivity contribution in [2.45, 2.75) is 6.54 Å². The van der Waals surface area contributed by atoms with Gasteiger partial charge in [-0.25, -0.2) is 4.98 Å². The Bertz CT molecular complexity index is 815. The minimum absolute atomic E-state index is 0.566. The zero-order valence-corrected chi connectivity index (χ0v) is 14.8. The quantitative estimate of drug-likeness (QED) is 0.391. The van der Waals surface area contributed by atoms with E-state index in [0.717, 1.165) is 23.0 Å². The summed E-state index contributed by atoms with van der Waals surface area (Å²) >= 11 is 0. The van der Waals surface area contributed by atoms with Gasteiger partial charge in [-0.05, 0) is 23.8 Å². The molecule has 2 N–H and O–H groups in total. The van der Waals surface area contributed by atoms with E-state index < -0.39 is 0 Å². The number of para-hydroxylation sites is 2. The summed E-state index contributed by atoms with van der Waals surface area (Å²) < 4.78 is 7.68. The summed E-state index contributed by atoms with van der Waals surface area (Å²) in [5.74, 6) is 1.61. The average Bonchev–Trinajstić information content (AvgIpc) is 3.23. The van der Waals surface area contributed by atoms with Gasteiger partial charge < -0.3 is 19.9 Å². The van der Waals surface area contributed by atoms with Gasteiger partial charge in [-0.15, -0.1) is 0 Å². The van der Waals surface area contributed by atoms with Gasteiger partial charge in [0, 0.05) is 26.0 Å². The molecule has 0 aliphatic carbocycles. The van der Waals surface area contributed by atoms with Crippen LogP contribution in [0.1, 0.15) is 5.56 Å². The molecule has 0 aliphatic heterocycles. The molecule has 0 saturated heterocycles. The number of imidazole rings is 1. The molecule has 0 fully saturated rings. The predicted octanol–water partition coefficient (Wildman–Crippen LogP) is 2.62. The fraction of sp³-hybridized carbons (Fsp3) is 0.200. The minimum Gasteiger partial charge on any atom is -0.492 e. The topological polar surface area (TPSA) is 63.5 Å². The predicted molar refractivity (Wildman–Crippen MR) is 104 cm³/mol. The van der Waals surface area contributed by atoms with Crippen LogP contribution in [0.25, 0.3) is 5.69 Å². The van der Waals surface area contributed by atoms with Gasteiger partial charge >= 0.3 is 0 Å². The molecule has 1 aromatic heterocycles. The van der Waals surface area contributed by atoms with Gasteiger partial charge in [0.2, 0.25) is 0 Å². The van der Waals surface area contributed by atoms with E-state index in [4.69, 9.17) is 4.74 Å². The van der Waals surface area contributed by atoms with Gasteiger partial charge in [-0.1, -0.05) is 36.4 Å². The number of guanidine groups is 1. The number of ether oxygens (including phenoxy) is 1. The number of benzene rings is 2. The average molecular weight is 349 g/mol. The van der Waals surface area contributed by atoms with Crippen molar-refractivity contribution in [1.82, 2.24) is 20.2 Å². The highest BCUT2D eigenvalue weighted by atomic mass is 16.5. The van der Waals surface area contributed by atoms with Gasteiger partial charge in [0.15, 0.2) is 5.96 Å². The number of hydrogen-bond donors (Lipinski definition) is 2. The Balaban J connectivity index is 1.49. The molecule has 6 heteroatoms. The van der Waals surface area contributed by atoms with Gasteiger partial charge in [0.25, 0.3) is 0 Å². The Labute approximate surface area is 153 Å². The van der Waals surface area contributed by atoms with E-state index >= 15 is 0 Å². The SMILES string of the molecule is CN=C(NCCOc1ccccc1)NCc1ccccc1-n1ccnc1. The Kier molecular flexibility index (Phi) is 6.25. The van der Waals surface area contributed by atoms with Crippen LogP contribution in [0.3, 0.4) is 0 Å². The molecule has 0 bridgehead atoms. The Hall–Kier alpha value is -3.28. The molecule has 2 aromatic carbocycles. The Morgan fingerprint density at radius 2 is 1.88 bits per heavy atom. The highest BCUT2D eigenvalue weighted by Crippen LogP contribution is 2.13. The summed E-state index contributed by atoms with van der Waals surface area (Å²) in [6.07, 6.45) is 5.51. The second kappa shape index (κ2) is 9.27. The highest BCUT2D eigenvalue weighted by molar-refractivity contribution is 5.79. The number of aromatic nitrogens is 2. The van der Waals surface area contributed by atoms with E-state index in [1.54, 1.807) is 19.6 Å². The zero-order chi connectivity index (χ0) is 18.0. The normalized spacial score (nSPS) is 11.2. The first-order valence-electron chi connectivity index (χ1n) is 8.55. The molecule has 0 unspecified atom stereocenters. The smallest absolute Gasteiger partial charge is 0.191 e. The van der Waals surface area contributed by atoms with Crippen LogP contribution in [0.4, 0.5) is 0 Å². The third-order valence-corrected chi connectivity index (χ3v) is 3.85. The third-order valence-electron chi connectivity index (χ3n) is 3.85. The molecule has 0 atom stereocenters. The Morgan fingerprint density at radius 1 is 1.08 bits per heavy atom. The fourth-order valence-corrected chi connectivity index (χ4v) is 2.57. The summed E-state index contributed by atoms with van der Waals surface area (Å²) in [6.45, 7) is 1.89. The van der Waals surface area contributed by atoms with E-state index in [1.165, 1.54) is 0 Å². The van der Waals surface area contributed by atoms with E-state index in [2.05, 4.69) is 32.7 Å². The highest BCUT2D eigenvalue weighted by Gasteiger charge is 2.05. The summed E-state index contributed by atoms with van der Waals surface area (Å²) in [5, 5.41) is 6.60. The first-order chi connectivity index (χ1) is 12.9. The number of nitrogens with zero attached hydrogens (tertiary/aromatic N) is 3. The molecule has 1 heterocycles. The van der Waals surface area contributed by atoms with Gasteiger partial charge in [-0.2, -0.15) is 0 Å². The number of rotatable bonds is 7. The fourth-order valence-electron chi connectivity index (χ4n) is 2.57.